The predicted octanol–water partition coefficient (Wildman–Crippen LogP) is 3.36. The Morgan fingerprint density at radius 3 is 2.75 bits per heavy atom. The maximum atomic E-state index is 5.80. The van der Waals surface area contributed by atoms with E-state index in [1.165, 1.54) is 19.3 Å². The standard InChI is InChI=1S/C12H20BrN3/c1-4-5-6-7-16(3)12-11(13)9(2)10(14)8-15-12/h8H,4-7,14H2,1-3H3. The van der Waals surface area contributed by atoms with Gasteiger partial charge in [-0.05, 0) is 34.8 Å². The zero-order valence-corrected chi connectivity index (χ0v) is 11.8. The Morgan fingerprint density at radius 1 is 1.44 bits per heavy atom. The monoisotopic (exact) mass is 285 g/mol. The minimum atomic E-state index is 0.734. The molecule has 0 aromatic carbocycles. The highest BCUT2D eigenvalue weighted by molar-refractivity contribution is 9.10. The first-order chi connectivity index (χ1) is 7.57. The van der Waals surface area contributed by atoms with Crippen LogP contribution in [0.4, 0.5) is 11.5 Å². The Hall–Kier alpha value is -0.770. The fraction of sp³-hybridized carbons (Fsp3) is 0.583. The number of rotatable bonds is 5. The van der Waals surface area contributed by atoms with Gasteiger partial charge in [0, 0.05) is 13.6 Å². The lowest BCUT2D eigenvalue weighted by Gasteiger charge is -2.20. The van der Waals surface area contributed by atoms with Gasteiger partial charge in [-0.25, -0.2) is 4.98 Å². The summed E-state index contributed by atoms with van der Waals surface area (Å²) in [6, 6.07) is 0. The summed E-state index contributed by atoms with van der Waals surface area (Å²) in [6.07, 6.45) is 5.43. The zero-order valence-electron chi connectivity index (χ0n) is 10.3. The molecule has 0 spiro atoms. The van der Waals surface area contributed by atoms with Crippen LogP contribution in [0.15, 0.2) is 10.7 Å². The van der Waals surface area contributed by atoms with Crippen molar-refractivity contribution in [2.45, 2.75) is 33.1 Å². The van der Waals surface area contributed by atoms with Crippen LogP contribution in [0, 0.1) is 6.92 Å². The fourth-order valence-corrected chi connectivity index (χ4v) is 2.18. The summed E-state index contributed by atoms with van der Waals surface area (Å²) < 4.78 is 1.01. The second-order valence-electron chi connectivity index (χ2n) is 4.10. The van der Waals surface area contributed by atoms with E-state index in [-0.39, 0.29) is 0 Å². The number of nitrogens with zero attached hydrogens (tertiary/aromatic N) is 2. The van der Waals surface area contributed by atoms with Gasteiger partial charge in [0.15, 0.2) is 0 Å². The van der Waals surface area contributed by atoms with Crippen molar-refractivity contribution in [3.05, 3.63) is 16.2 Å². The van der Waals surface area contributed by atoms with E-state index in [9.17, 15) is 0 Å². The Labute approximate surface area is 106 Å². The zero-order chi connectivity index (χ0) is 12.1. The number of hydrogen-bond donors (Lipinski definition) is 1. The third-order valence-corrected chi connectivity index (χ3v) is 3.69. The van der Waals surface area contributed by atoms with E-state index in [2.05, 4.69) is 39.8 Å². The average Bonchev–Trinajstić information content (AvgIpc) is 2.26. The molecular formula is C12H20BrN3. The van der Waals surface area contributed by atoms with Crippen molar-refractivity contribution in [2.75, 3.05) is 24.2 Å². The van der Waals surface area contributed by atoms with Crippen LogP contribution in [-0.4, -0.2) is 18.6 Å². The first-order valence-corrected chi connectivity index (χ1v) is 6.49. The van der Waals surface area contributed by atoms with Crippen molar-refractivity contribution < 1.29 is 0 Å². The summed E-state index contributed by atoms with van der Waals surface area (Å²) in [6.45, 7) is 5.24. The van der Waals surface area contributed by atoms with Crippen molar-refractivity contribution in [1.29, 1.82) is 0 Å². The van der Waals surface area contributed by atoms with E-state index in [0.29, 0.717) is 0 Å². The number of unbranched alkanes of at least 4 members (excludes halogenated alkanes) is 2. The van der Waals surface area contributed by atoms with Gasteiger partial charge in [0.1, 0.15) is 5.82 Å². The molecule has 0 amide bonds. The topological polar surface area (TPSA) is 42.2 Å². The molecule has 3 nitrogen and oxygen atoms in total. The first-order valence-electron chi connectivity index (χ1n) is 5.69. The molecule has 1 heterocycles. The molecule has 0 aliphatic heterocycles. The summed E-state index contributed by atoms with van der Waals surface area (Å²) in [4.78, 5) is 6.54. The quantitative estimate of drug-likeness (QED) is 0.844. The van der Waals surface area contributed by atoms with Gasteiger partial charge in [-0.3, -0.25) is 0 Å². The average molecular weight is 286 g/mol. The minimum Gasteiger partial charge on any atom is -0.397 e. The molecule has 0 fully saturated rings. The summed E-state index contributed by atoms with van der Waals surface area (Å²) in [5.74, 6) is 0.975. The number of hydrogen-bond acceptors (Lipinski definition) is 3. The second-order valence-corrected chi connectivity index (χ2v) is 4.90. The molecule has 0 aliphatic rings. The third kappa shape index (κ3) is 3.11. The number of nitrogen functional groups attached to an aromatic ring is 1. The largest absolute Gasteiger partial charge is 0.397 e. The number of nitrogens with two attached hydrogens (primary N) is 1. The number of halogens is 1. The van der Waals surface area contributed by atoms with Crippen LogP contribution in [0.5, 0.6) is 0 Å². The highest BCUT2D eigenvalue weighted by Gasteiger charge is 2.10. The molecule has 4 heteroatoms. The molecule has 0 aliphatic carbocycles. The fourth-order valence-electron chi connectivity index (χ4n) is 1.55. The summed E-state index contributed by atoms with van der Waals surface area (Å²) in [5.41, 5.74) is 7.60. The Morgan fingerprint density at radius 2 is 2.12 bits per heavy atom. The predicted molar refractivity (Wildman–Crippen MR) is 73.9 cm³/mol. The normalized spacial score (nSPS) is 10.5. The second kappa shape index (κ2) is 6.09. The molecule has 0 saturated heterocycles. The van der Waals surface area contributed by atoms with Gasteiger partial charge in [0.05, 0.1) is 16.4 Å². The van der Waals surface area contributed by atoms with E-state index in [1.54, 1.807) is 6.20 Å². The SMILES string of the molecule is CCCCCN(C)c1ncc(N)c(C)c1Br. The molecule has 0 unspecified atom stereocenters. The van der Waals surface area contributed by atoms with Crippen LogP contribution in [0.25, 0.3) is 0 Å². The van der Waals surface area contributed by atoms with Crippen molar-refractivity contribution in [3.63, 3.8) is 0 Å². The van der Waals surface area contributed by atoms with Gasteiger partial charge in [-0.2, -0.15) is 0 Å². The molecule has 1 aromatic heterocycles. The van der Waals surface area contributed by atoms with Crippen molar-refractivity contribution >= 4 is 27.4 Å². The molecule has 1 rings (SSSR count). The van der Waals surface area contributed by atoms with Gasteiger partial charge < -0.3 is 10.6 Å². The molecule has 16 heavy (non-hydrogen) atoms. The van der Waals surface area contributed by atoms with Crippen molar-refractivity contribution in [2.24, 2.45) is 0 Å². The number of anilines is 2. The maximum Gasteiger partial charge on any atom is 0.143 e. The van der Waals surface area contributed by atoms with E-state index in [4.69, 9.17) is 5.73 Å². The molecule has 0 saturated carbocycles. The van der Waals surface area contributed by atoms with Crippen LogP contribution in [-0.2, 0) is 0 Å². The Balaban J connectivity index is 2.76. The molecule has 2 N–H and O–H groups in total. The lowest BCUT2D eigenvalue weighted by Crippen LogP contribution is -2.20. The van der Waals surface area contributed by atoms with E-state index in [0.717, 1.165) is 28.1 Å². The van der Waals surface area contributed by atoms with Gasteiger partial charge in [-0.15, -0.1) is 0 Å². The van der Waals surface area contributed by atoms with E-state index >= 15 is 0 Å². The van der Waals surface area contributed by atoms with Crippen LogP contribution >= 0.6 is 15.9 Å². The molecule has 0 atom stereocenters. The van der Waals surface area contributed by atoms with Gasteiger partial charge in [-0.1, -0.05) is 19.8 Å². The Kier molecular flexibility index (Phi) is 5.06. The third-order valence-electron chi connectivity index (χ3n) is 2.74. The van der Waals surface area contributed by atoms with Crippen molar-refractivity contribution in [3.8, 4) is 0 Å². The molecule has 0 radical (unpaired) electrons. The minimum absolute atomic E-state index is 0.734. The lowest BCUT2D eigenvalue weighted by molar-refractivity contribution is 0.700. The smallest absolute Gasteiger partial charge is 0.143 e. The molecule has 90 valence electrons. The van der Waals surface area contributed by atoms with Crippen LogP contribution in [0.2, 0.25) is 0 Å². The number of pyridine rings is 1. The Bertz CT molecular complexity index is 352. The van der Waals surface area contributed by atoms with Crippen LogP contribution in [0.3, 0.4) is 0 Å². The van der Waals surface area contributed by atoms with Crippen LogP contribution < -0.4 is 10.6 Å². The van der Waals surface area contributed by atoms with Gasteiger partial charge in [0.2, 0.25) is 0 Å². The molecule has 0 bridgehead atoms. The summed E-state index contributed by atoms with van der Waals surface area (Å²) >= 11 is 3.56. The van der Waals surface area contributed by atoms with E-state index in [1.807, 2.05) is 6.92 Å². The lowest BCUT2D eigenvalue weighted by atomic mass is 10.2. The van der Waals surface area contributed by atoms with Crippen LogP contribution in [0.1, 0.15) is 31.7 Å². The molecular weight excluding hydrogens is 266 g/mol. The molecule has 1 aromatic rings. The van der Waals surface area contributed by atoms with Gasteiger partial charge in [0.25, 0.3) is 0 Å². The van der Waals surface area contributed by atoms with Crippen molar-refractivity contribution in [1.82, 2.24) is 4.98 Å². The maximum absolute atomic E-state index is 5.80. The highest BCUT2D eigenvalue weighted by Crippen LogP contribution is 2.29. The highest BCUT2D eigenvalue weighted by atomic mass is 79.9. The first kappa shape index (κ1) is 13.3. The summed E-state index contributed by atoms with van der Waals surface area (Å²) in [7, 11) is 2.07. The summed E-state index contributed by atoms with van der Waals surface area (Å²) in [5, 5.41) is 0. The van der Waals surface area contributed by atoms with Gasteiger partial charge >= 0.3 is 0 Å². The number of aromatic nitrogens is 1. The van der Waals surface area contributed by atoms with E-state index < -0.39 is 0 Å².